The van der Waals surface area contributed by atoms with Crippen LogP contribution in [0.3, 0.4) is 0 Å². The predicted octanol–water partition coefficient (Wildman–Crippen LogP) is 4.29. The lowest BCUT2D eigenvalue weighted by Crippen LogP contribution is -2.57. The number of amides is 1. The van der Waals surface area contributed by atoms with E-state index in [-0.39, 0.29) is 18.0 Å². The van der Waals surface area contributed by atoms with E-state index in [2.05, 4.69) is 36.1 Å². The minimum Gasteiger partial charge on any atom is -0.481 e. The van der Waals surface area contributed by atoms with E-state index in [0.717, 1.165) is 24.1 Å². The number of aliphatic carboxylic acids is 1. The van der Waals surface area contributed by atoms with Crippen molar-refractivity contribution in [1.82, 2.24) is 4.90 Å². The third-order valence-electron chi connectivity index (χ3n) is 5.90. The van der Waals surface area contributed by atoms with Crippen molar-refractivity contribution in [2.75, 3.05) is 18.0 Å². The quantitative estimate of drug-likeness (QED) is 0.744. The van der Waals surface area contributed by atoms with Crippen molar-refractivity contribution in [3.63, 3.8) is 0 Å². The lowest BCUT2D eigenvalue weighted by atomic mass is 9.94. The van der Waals surface area contributed by atoms with Crippen molar-refractivity contribution < 1.29 is 14.7 Å². The molecule has 1 heterocycles. The third-order valence-corrected chi connectivity index (χ3v) is 6.15. The Kier molecular flexibility index (Phi) is 5.50. The standard InChI is InChI=1S/C23H25ClN2O3/c1-15-2-4-16(5-3-15)20-13-25(22(27)12-23(28)29)14-21(17-6-7-17)26(20)19-10-8-18(24)9-11-19/h2-5,8-11,17,20-21H,6-7,12-14H2,1H3,(H,28,29). The molecule has 1 saturated carbocycles. The highest BCUT2D eigenvalue weighted by atomic mass is 35.5. The summed E-state index contributed by atoms with van der Waals surface area (Å²) >= 11 is 6.12. The molecule has 0 radical (unpaired) electrons. The van der Waals surface area contributed by atoms with Crippen molar-refractivity contribution >= 4 is 29.2 Å². The minimum absolute atomic E-state index is 0.0335. The Labute approximate surface area is 175 Å². The summed E-state index contributed by atoms with van der Waals surface area (Å²) in [5.74, 6) is -0.875. The maximum Gasteiger partial charge on any atom is 0.312 e. The van der Waals surface area contributed by atoms with E-state index in [9.17, 15) is 9.59 Å². The smallest absolute Gasteiger partial charge is 0.312 e. The highest BCUT2D eigenvalue weighted by molar-refractivity contribution is 6.30. The van der Waals surface area contributed by atoms with Crippen molar-refractivity contribution in [2.45, 2.75) is 38.3 Å². The molecular formula is C23H25ClN2O3. The van der Waals surface area contributed by atoms with Crippen LogP contribution in [0.15, 0.2) is 48.5 Å². The fraction of sp³-hybridized carbons (Fsp3) is 0.391. The lowest BCUT2D eigenvalue weighted by Gasteiger charge is -2.49. The summed E-state index contributed by atoms with van der Waals surface area (Å²) < 4.78 is 0. The molecule has 29 heavy (non-hydrogen) atoms. The van der Waals surface area contributed by atoms with Crippen LogP contribution in [-0.2, 0) is 9.59 Å². The van der Waals surface area contributed by atoms with Gasteiger partial charge in [-0.2, -0.15) is 0 Å². The summed E-state index contributed by atoms with van der Waals surface area (Å²) in [6.07, 6.45) is 1.81. The number of anilines is 1. The first-order valence-electron chi connectivity index (χ1n) is 10.0. The number of carbonyl (C=O) groups excluding carboxylic acids is 1. The highest BCUT2D eigenvalue weighted by Gasteiger charge is 2.44. The number of carboxylic acid groups (broad SMARTS) is 1. The van der Waals surface area contributed by atoms with E-state index < -0.39 is 12.4 Å². The van der Waals surface area contributed by atoms with E-state index in [4.69, 9.17) is 16.7 Å². The van der Waals surface area contributed by atoms with Gasteiger partial charge >= 0.3 is 5.97 Å². The van der Waals surface area contributed by atoms with Gasteiger partial charge in [0.1, 0.15) is 6.42 Å². The van der Waals surface area contributed by atoms with Crippen LogP contribution in [0.25, 0.3) is 0 Å². The number of hydrogen-bond donors (Lipinski definition) is 1. The maximum atomic E-state index is 12.6. The second-order valence-electron chi connectivity index (χ2n) is 8.08. The van der Waals surface area contributed by atoms with Crippen LogP contribution in [0.4, 0.5) is 5.69 Å². The number of rotatable bonds is 5. The second-order valence-corrected chi connectivity index (χ2v) is 8.52. The van der Waals surface area contributed by atoms with Crippen molar-refractivity contribution in [2.24, 2.45) is 5.92 Å². The summed E-state index contributed by atoms with van der Waals surface area (Å²) in [7, 11) is 0. The van der Waals surface area contributed by atoms with E-state index in [1.165, 1.54) is 5.56 Å². The first kappa shape index (κ1) is 19.8. The zero-order valence-electron chi connectivity index (χ0n) is 16.4. The molecule has 1 aliphatic carbocycles. The van der Waals surface area contributed by atoms with Crippen molar-refractivity contribution in [3.05, 3.63) is 64.7 Å². The topological polar surface area (TPSA) is 60.9 Å². The molecule has 2 aromatic carbocycles. The molecule has 0 aromatic heterocycles. The number of benzene rings is 2. The minimum atomic E-state index is -1.08. The molecule has 2 unspecified atom stereocenters. The Morgan fingerprint density at radius 3 is 2.28 bits per heavy atom. The van der Waals surface area contributed by atoms with Crippen LogP contribution in [0.5, 0.6) is 0 Å². The molecule has 5 nitrogen and oxygen atoms in total. The predicted molar refractivity (Wildman–Crippen MR) is 113 cm³/mol. The van der Waals surface area contributed by atoms with Gasteiger partial charge in [-0.15, -0.1) is 0 Å². The molecule has 0 spiro atoms. The van der Waals surface area contributed by atoms with Gasteiger partial charge in [-0.05, 0) is 55.5 Å². The van der Waals surface area contributed by atoms with E-state index >= 15 is 0 Å². The number of aryl methyl sites for hydroxylation is 1. The molecule has 0 bridgehead atoms. The van der Waals surface area contributed by atoms with Crippen LogP contribution >= 0.6 is 11.6 Å². The molecule has 1 N–H and O–H groups in total. The van der Waals surface area contributed by atoms with E-state index in [0.29, 0.717) is 24.0 Å². The molecule has 4 rings (SSSR count). The Bertz CT molecular complexity index is 893. The highest BCUT2D eigenvalue weighted by Crippen LogP contribution is 2.44. The SMILES string of the molecule is Cc1ccc(C2CN(C(=O)CC(=O)O)CC(C3CC3)N2c2ccc(Cl)cc2)cc1. The van der Waals surface area contributed by atoms with Gasteiger partial charge in [0.15, 0.2) is 0 Å². The van der Waals surface area contributed by atoms with Gasteiger partial charge in [0.25, 0.3) is 0 Å². The second kappa shape index (κ2) is 8.07. The van der Waals surface area contributed by atoms with Crippen LogP contribution in [0.2, 0.25) is 5.02 Å². The number of piperazine rings is 1. The summed E-state index contributed by atoms with van der Waals surface area (Å²) in [5, 5.41) is 9.79. The molecule has 6 heteroatoms. The van der Waals surface area contributed by atoms with E-state index in [1.807, 2.05) is 24.3 Å². The fourth-order valence-corrected chi connectivity index (χ4v) is 4.38. The molecule has 2 atom stereocenters. The molecule has 2 fully saturated rings. The van der Waals surface area contributed by atoms with Crippen LogP contribution in [-0.4, -0.2) is 41.0 Å². The van der Waals surface area contributed by atoms with Crippen molar-refractivity contribution in [3.8, 4) is 0 Å². The first-order valence-corrected chi connectivity index (χ1v) is 10.4. The lowest BCUT2D eigenvalue weighted by molar-refractivity contribution is -0.144. The number of hydrogen-bond acceptors (Lipinski definition) is 3. The Balaban J connectivity index is 1.73. The van der Waals surface area contributed by atoms with Gasteiger partial charge in [0.2, 0.25) is 5.91 Å². The average Bonchev–Trinajstić information content (AvgIpc) is 3.53. The Hall–Kier alpha value is -2.53. The maximum absolute atomic E-state index is 12.6. The largest absolute Gasteiger partial charge is 0.481 e. The third kappa shape index (κ3) is 4.40. The van der Waals surface area contributed by atoms with Crippen molar-refractivity contribution in [1.29, 1.82) is 0 Å². The summed E-state index contributed by atoms with van der Waals surface area (Å²) in [4.78, 5) is 27.9. The number of carbonyl (C=O) groups is 2. The van der Waals surface area contributed by atoms with Crippen LogP contribution in [0.1, 0.15) is 36.4 Å². The Morgan fingerprint density at radius 1 is 1.03 bits per heavy atom. The summed E-state index contributed by atoms with van der Waals surface area (Å²) in [6, 6.07) is 16.4. The molecule has 1 aliphatic heterocycles. The average molecular weight is 413 g/mol. The van der Waals surface area contributed by atoms with E-state index in [1.54, 1.807) is 4.90 Å². The normalized spacial score (nSPS) is 21.9. The van der Waals surface area contributed by atoms with Gasteiger partial charge in [0.05, 0.1) is 12.1 Å². The number of nitrogens with zero attached hydrogens (tertiary/aromatic N) is 2. The van der Waals surface area contributed by atoms with Crippen LogP contribution in [0, 0.1) is 12.8 Å². The molecule has 1 saturated heterocycles. The molecule has 1 amide bonds. The molecule has 2 aromatic rings. The first-order chi connectivity index (χ1) is 13.9. The monoisotopic (exact) mass is 412 g/mol. The Morgan fingerprint density at radius 2 is 1.69 bits per heavy atom. The zero-order valence-corrected chi connectivity index (χ0v) is 17.2. The number of carboxylic acids is 1. The van der Waals surface area contributed by atoms with Gasteiger partial charge in [-0.25, -0.2) is 0 Å². The summed E-state index contributed by atoms with van der Waals surface area (Å²) in [6.45, 7) is 3.08. The van der Waals surface area contributed by atoms with Gasteiger partial charge in [0, 0.05) is 23.8 Å². The summed E-state index contributed by atoms with van der Waals surface area (Å²) in [5.41, 5.74) is 3.39. The molecular weight excluding hydrogens is 388 g/mol. The molecule has 152 valence electrons. The van der Waals surface area contributed by atoms with Gasteiger partial charge in [-0.3, -0.25) is 9.59 Å². The molecule has 2 aliphatic rings. The van der Waals surface area contributed by atoms with Crippen LogP contribution < -0.4 is 4.90 Å². The fourth-order valence-electron chi connectivity index (χ4n) is 4.26. The van der Waals surface area contributed by atoms with Gasteiger partial charge < -0.3 is 14.9 Å². The zero-order chi connectivity index (χ0) is 20.5. The number of halogens is 1. The van der Waals surface area contributed by atoms with Gasteiger partial charge in [-0.1, -0.05) is 41.4 Å².